The second-order valence-corrected chi connectivity index (χ2v) is 7.68. The average molecular weight is 406 g/mol. The maximum atomic E-state index is 5.35. The molecule has 0 atom stereocenters. The molecule has 0 saturated heterocycles. The highest BCUT2D eigenvalue weighted by Gasteiger charge is 2.18. The Labute approximate surface area is 181 Å². The molecule has 0 bridgehead atoms. The number of hydrogen-bond donors (Lipinski definition) is 0. The monoisotopic (exact) mass is 405 g/mol. The number of rotatable bonds is 4. The second kappa shape index (κ2) is 7.73. The maximum Gasteiger partial charge on any atom is 0.164 e. The van der Waals surface area contributed by atoms with Crippen molar-refractivity contribution < 1.29 is 4.74 Å². The van der Waals surface area contributed by atoms with Gasteiger partial charge in [-0.25, -0.2) is 9.67 Å². The lowest BCUT2D eigenvalue weighted by Crippen LogP contribution is -1.98. The Morgan fingerprint density at radius 1 is 0.774 bits per heavy atom. The highest BCUT2D eigenvalue weighted by atomic mass is 16.5. The Hall–Kier alpha value is -3.92. The van der Waals surface area contributed by atoms with Crippen LogP contribution in [0.2, 0.25) is 0 Å². The molecular formula is C27H23N3O. The number of para-hydroxylation sites is 1. The van der Waals surface area contributed by atoms with Crippen molar-refractivity contribution in [3.05, 3.63) is 96.2 Å². The molecule has 31 heavy (non-hydrogen) atoms. The van der Waals surface area contributed by atoms with Gasteiger partial charge in [0.15, 0.2) is 5.65 Å². The normalized spacial score (nSPS) is 11.1. The van der Waals surface area contributed by atoms with E-state index in [0.29, 0.717) is 0 Å². The van der Waals surface area contributed by atoms with Gasteiger partial charge in [-0.1, -0.05) is 60.2 Å². The lowest BCUT2D eigenvalue weighted by molar-refractivity contribution is 0.415. The summed E-state index contributed by atoms with van der Waals surface area (Å²) in [5, 5.41) is 5.92. The van der Waals surface area contributed by atoms with Gasteiger partial charge in [0, 0.05) is 5.56 Å². The minimum absolute atomic E-state index is 0.838. The maximum absolute atomic E-state index is 5.35. The van der Waals surface area contributed by atoms with Crippen LogP contribution < -0.4 is 4.74 Å². The largest absolute Gasteiger partial charge is 0.497 e. The molecule has 0 radical (unpaired) electrons. The van der Waals surface area contributed by atoms with Gasteiger partial charge in [0.2, 0.25) is 0 Å². The van der Waals surface area contributed by atoms with Gasteiger partial charge in [-0.3, -0.25) is 0 Å². The number of pyridine rings is 1. The SMILES string of the molecule is COc1ccc(-c2cc(-c3ccc(C)cc3)nc3c2c(C)nn3-c2ccccc2)cc1. The van der Waals surface area contributed by atoms with Gasteiger partial charge >= 0.3 is 0 Å². The minimum atomic E-state index is 0.838. The standard InChI is InChI=1S/C27H23N3O/c1-18-9-11-21(12-10-18)25-17-24(20-13-15-23(31-3)16-14-20)26-19(2)29-30(27(26)28-25)22-7-5-4-6-8-22/h4-17H,1-3H3. The highest BCUT2D eigenvalue weighted by Crippen LogP contribution is 2.35. The van der Waals surface area contributed by atoms with Gasteiger partial charge in [-0.05, 0) is 55.3 Å². The van der Waals surface area contributed by atoms with Gasteiger partial charge in [0.25, 0.3) is 0 Å². The number of benzene rings is 3. The van der Waals surface area contributed by atoms with E-state index in [1.54, 1.807) is 7.11 Å². The summed E-state index contributed by atoms with van der Waals surface area (Å²) >= 11 is 0. The molecule has 4 nitrogen and oxygen atoms in total. The van der Waals surface area contributed by atoms with E-state index in [-0.39, 0.29) is 0 Å². The number of fused-ring (bicyclic) bond motifs is 1. The Balaban J connectivity index is 1.81. The van der Waals surface area contributed by atoms with E-state index in [4.69, 9.17) is 14.8 Å². The van der Waals surface area contributed by atoms with Gasteiger partial charge < -0.3 is 4.74 Å². The fourth-order valence-electron chi connectivity index (χ4n) is 3.91. The van der Waals surface area contributed by atoms with Crippen molar-refractivity contribution in [3.8, 4) is 33.8 Å². The fraction of sp³-hybridized carbons (Fsp3) is 0.111. The van der Waals surface area contributed by atoms with Crippen LogP contribution in [-0.4, -0.2) is 21.9 Å². The van der Waals surface area contributed by atoms with Crippen LogP contribution in [0.4, 0.5) is 0 Å². The third-order valence-electron chi connectivity index (χ3n) is 5.56. The minimum Gasteiger partial charge on any atom is -0.497 e. The molecule has 5 aromatic rings. The van der Waals surface area contributed by atoms with E-state index in [0.717, 1.165) is 50.5 Å². The Kier molecular flexibility index (Phi) is 4.75. The van der Waals surface area contributed by atoms with Crippen LogP contribution in [0.3, 0.4) is 0 Å². The molecule has 0 amide bonds. The van der Waals surface area contributed by atoms with Crippen LogP contribution in [0.15, 0.2) is 84.9 Å². The summed E-state index contributed by atoms with van der Waals surface area (Å²) < 4.78 is 7.29. The topological polar surface area (TPSA) is 39.9 Å². The molecule has 0 spiro atoms. The number of aromatic nitrogens is 3. The van der Waals surface area contributed by atoms with Crippen LogP contribution in [0.5, 0.6) is 5.75 Å². The molecular weight excluding hydrogens is 382 g/mol. The van der Waals surface area contributed by atoms with Crippen molar-refractivity contribution >= 4 is 11.0 Å². The summed E-state index contributed by atoms with van der Waals surface area (Å²) in [4.78, 5) is 5.07. The summed E-state index contributed by atoms with van der Waals surface area (Å²) in [6, 6.07) is 29.0. The molecule has 2 aromatic heterocycles. The predicted octanol–water partition coefficient (Wildman–Crippen LogP) is 6.38. The first-order chi connectivity index (χ1) is 15.1. The van der Waals surface area contributed by atoms with E-state index in [1.165, 1.54) is 5.56 Å². The molecule has 0 aliphatic heterocycles. The Morgan fingerprint density at radius 2 is 1.45 bits per heavy atom. The summed E-state index contributed by atoms with van der Waals surface area (Å²) in [5.74, 6) is 0.838. The number of ether oxygens (including phenoxy) is 1. The second-order valence-electron chi connectivity index (χ2n) is 7.68. The molecule has 4 heteroatoms. The van der Waals surface area contributed by atoms with Gasteiger partial charge in [0.1, 0.15) is 5.75 Å². The third kappa shape index (κ3) is 3.46. The molecule has 0 N–H and O–H groups in total. The van der Waals surface area contributed by atoms with Gasteiger partial charge in [0.05, 0.1) is 29.6 Å². The zero-order valence-corrected chi connectivity index (χ0v) is 17.8. The summed E-state index contributed by atoms with van der Waals surface area (Å²) in [6.07, 6.45) is 0. The lowest BCUT2D eigenvalue weighted by atomic mass is 9.99. The third-order valence-corrected chi connectivity index (χ3v) is 5.56. The van der Waals surface area contributed by atoms with Crippen LogP contribution in [0, 0.1) is 13.8 Å². The number of nitrogens with zero attached hydrogens (tertiary/aromatic N) is 3. The summed E-state index contributed by atoms with van der Waals surface area (Å²) in [6.45, 7) is 4.14. The number of aryl methyl sites for hydroxylation is 2. The Morgan fingerprint density at radius 3 is 2.13 bits per heavy atom. The van der Waals surface area contributed by atoms with E-state index < -0.39 is 0 Å². The van der Waals surface area contributed by atoms with Crippen LogP contribution in [0.25, 0.3) is 39.1 Å². The van der Waals surface area contributed by atoms with Crippen molar-refractivity contribution in [3.63, 3.8) is 0 Å². The fourth-order valence-corrected chi connectivity index (χ4v) is 3.91. The molecule has 0 saturated carbocycles. The molecule has 0 fully saturated rings. The van der Waals surface area contributed by atoms with Gasteiger partial charge in [-0.2, -0.15) is 5.10 Å². The van der Waals surface area contributed by atoms with E-state index >= 15 is 0 Å². The first-order valence-electron chi connectivity index (χ1n) is 10.3. The van der Waals surface area contributed by atoms with E-state index in [1.807, 2.05) is 41.9 Å². The lowest BCUT2D eigenvalue weighted by Gasteiger charge is -2.11. The molecule has 2 heterocycles. The number of hydrogen-bond acceptors (Lipinski definition) is 3. The zero-order valence-electron chi connectivity index (χ0n) is 17.8. The molecule has 0 aliphatic carbocycles. The van der Waals surface area contributed by atoms with Crippen LogP contribution >= 0.6 is 0 Å². The summed E-state index contributed by atoms with van der Waals surface area (Å²) in [5.41, 5.74) is 8.26. The average Bonchev–Trinajstić information content (AvgIpc) is 3.16. The van der Waals surface area contributed by atoms with Crippen molar-refractivity contribution in [2.24, 2.45) is 0 Å². The zero-order chi connectivity index (χ0) is 21.4. The first kappa shape index (κ1) is 19.1. The van der Waals surface area contributed by atoms with Crippen LogP contribution in [0.1, 0.15) is 11.3 Å². The predicted molar refractivity (Wildman–Crippen MR) is 126 cm³/mol. The van der Waals surface area contributed by atoms with Crippen molar-refractivity contribution in [1.29, 1.82) is 0 Å². The number of methoxy groups -OCH3 is 1. The van der Waals surface area contributed by atoms with Gasteiger partial charge in [-0.15, -0.1) is 0 Å². The van der Waals surface area contributed by atoms with E-state index in [2.05, 4.69) is 61.5 Å². The van der Waals surface area contributed by atoms with Crippen molar-refractivity contribution in [1.82, 2.24) is 14.8 Å². The quantitative estimate of drug-likeness (QED) is 0.348. The molecule has 0 unspecified atom stereocenters. The van der Waals surface area contributed by atoms with Crippen molar-refractivity contribution in [2.45, 2.75) is 13.8 Å². The van der Waals surface area contributed by atoms with Crippen molar-refractivity contribution in [2.75, 3.05) is 7.11 Å². The molecule has 5 rings (SSSR count). The van der Waals surface area contributed by atoms with E-state index in [9.17, 15) is 0 Å². The first-order valence-corrected chi connectivity index (χ1v) is 10.3. The molecule has 152 valence electrons. The van der Waals surface area contributed by atoms with Crippen LogP contribution in [-0.2, 0) is 0 Å². The molecule has 3 aromatic carbocycles. The highest BCUT2D eigenvalue weighted by molar-refractivity contribution is 5.97. The smallest absolute Gasteiger partial charge is 0.164 e. The summed E-state index contributed by atoms with van der Waals surface area (Å²) in [7, 11) is 1.68. The Bertz CT molecular complexity index is 1350. The molecule has 0 aliphatic rings.